The SMILES string of the molecule is Cc1cc(C)cc(C(=O)N2CCc3cc(S(=O)(=O)N4CCCCC4)ccc32)c1. The maximum absolute atomic E-state index is 13.0. The zero-order valence-corrected chi connectivity index (χ0v) is 17.3. The fourth-order valence-corrected chi connectivity index (χ4v) is 5.83. The molecule has 148 valence electrons. The van der Waals surface area contributed by atoms with E-state index in [0.29, 0.717) is 36.5 Å². The second-order valence-electron chi connectivity index (χ2n) is 7.84. The number of carbonyl (C=O) groups is 1. The molecule has 2 heterocycles. The van der Waals surface area contributed by atoms with Crippen LogP contribution < -0.4 is 4.90 Å². The van der Waals surface area contributed by atoms with Gasteiger partial charge in [-0.3, -0.25) is 4.79 Å². The van der Waals surface area contributed by atoms with Crippen LogP contribution in [0.25, 0.3) is 0 Å². The van der Waals surface area contributed by atoms with Crippen molar-refractivity contribution >= 4 is 21.6 Å². The third-order valence-corrected chi connectivity index (χ3v) is 7.51. The smallest absolute Gasteiger partial charge is 0.258 e. The molecule has 0 aliphatic carbocycles. The van der Waals surface area contributed by atoms with Crippen LogP contribution in [0.3, 0.4) is 0 Å². The standard InChI is InChI=1S/C22H26N2O3S/c1-16-12-17(2)14-19(13-16)22(25)24-11-8-18-15-20(6-7-21(18)24)28(26,27)23-9-4-3-5-10-23/h6-7,12-15H,3-5,8-11H2,1-2H3. The molecule has 0 saturated carbocycles. The molecule has 2 aliphatic rings. The summed E-state index contributed by atoms with van der Waals surface area (Å²) in [6.07, 6.45) is 3.60. The van der Waals surface area contributed by atoms with E-state index in [4.69, 9.17) is 0 Å². The molecule has 0 bridgehead atoms. The summed E-state index contributed by atoms with van der Waals surface area (Å²) >= 11 is 0. The fraction of sp³-hybridized carbons (Fsp3) is 0.409. The van der Waals surface area contributed by atoms with E-state index in [1.54, 1.807) is 27.4 Å². The molecule has 2 aromatic carbocycles. The molecule has 28 heavy (non-hydrogen) atoms. The average Bonchev–Trinajstić information content (AvgIpc) is 3.10. The first kappa shape index (κ1) is 19.2. The van der Waals surface area contributed by atoms with Crippen LogP contribution in [0.1, 0.15) is 46.3 Å². The Morgan fingerprint density at radius 2 is 1.57 bits per heavy atom. The van der Waals surface area contributed by atoms with Crippen molar-refractivity contribution in [1.82, 2.24) is 4.31 Å². The summed E-state index contributed by atoms with van der Waals surface area (Å²) in [6, 6.07) is 11.1. The van der Waals surface area contributed by atoms with E-state index in [1.807, 2.05) is 32.0 Å². The molecule has 0 radical (unpaired) electrons. The predicted molar refractivity (Wildman–Crippen MR) is 110 cm³/mol. The molecular formula is C22H26N2O3S. The summed E-state index contributed by atoms with van der Waals surface area (Å²) in [5.74, 6) is -0.0304. The van der Waals surface area contributed by atoms with Crippen LogP contribution >= 0.6 is 0 Å². The van der Waals surface area contributed by atoms with Gasteiger partial charge < -0.3 is 4.90 Å². The molecule has 2 aromatic rings. The molecule has 1 saturated heterocycles. The Morgan fingerprint density at radius 1 is 0.893 bits per heavy atom. The van der Waals surface area contributed by atoms with Gasteiger partial charge in [0.05, 0.1) is 4.90 Å². The van der Waals surface area contributed by atoms with Gasteiger partial charge in [0.1, 0.15) is 0 Å². The van der Waals surface area contributed by atoms with Crippen LogP contribution in [0.4, 0.5) is 5.69 Å². The first-order valence-corrected chi connectivity index (χ1v) is 11.3. The van der Waals surface area contributed by atoms with Gasteiger partial charge in [-0.05, 0) is 69.0 Å². The first-order chi connectivity index (χ1) is 13.4. The van der Waals surface area contributed by atoms with E-state index in [2.05, 4.69) is 0 Å². The van der Waals surface area contributed by atoms with Crippen molar-refractivity contribution in [1.29, 1.82) is 0 Å². The van der Waals surface area contributed by atoms with Crippen molar-refractivity contribution in [3.05, 3.63) is 58.7 Å². The number of fused-ring (bicyclic) bond motifs is 1. The molecule has 0 spiro atoms. The van der Waals surface area contributed by atoms with Crippen LogP contribution in [0.2, 0.25) is 0 Å². The largest absolute Gasteiger partial charge is 0.308 e. The lowest BCUT2D eigenvalue weighted by Crippen LogP contribution is -2.35. The average molecular weight is 399 g/mol. The highest BCUT2D eigenvalue weighted by Crippen LogP contribution is 2.33. The van der Waals surface area contributed by atoms with E-state index in [9.17, 15) is 13.2 Å². The van der Waals surface area contributed by atoms with Crippen molar-refractivity contribution in [3.63, 3.8) is 0 Å². The zero-order chi connectivity index (χ0) is 19.9. The molecule has 1 amide bonds. The van der Waals surface area contributed by atoms with Gasteiger partial charge in [0, 0.05) is 30.9 Å². The van der Waals surface area contributed by atoms with E-state index in [1.165, 1.54) is 0 Å². The molecule has 0 N–H and O–H groups in total. The topological polar surface area (TPSA) is 57.7 Å². The molecule has 4 rings (SSSR count). The number of piperidine rings is 1. The lowest BCUT2D eigenvalue weighted by molar-refractivity contribution is 0.0989. The third kappa shape index (κ3) is 3.47. The van der Waals surface area contributed by atoms with Crippen molar-refractivity contribution < 1.29 is 13.2 Å². The Hall–Kier alpha value is -2.18. The molecule has 2 aliphatic heterocycles. The van der Waals surface area contributed by atoms with Gasteiger partial charge in [-0.15, -0.1) is 0 Å². The predicted octanol–water partition coefficient (Wildman–Crippen LogP) is 3.68. The molecule has 0 aromatic heterocycles. The Kier molecular flexibility index (Phi) is 5.02. The highest BCUT2D eigenvalue weighted by Gasteiger charge is 2.30. The maximum atomic E-state index is 13.0. The first-order valence-electron chi connectivity index (χ1n) is 9.89. The Balaban J connectivity index is 1.62. The van der Waals surface area contributed by atoms with Crippen molar-refractivity contribution in [3.8, 4) is 0 Å². The van der Waals surface area contributed by atoms with E-state index >= 15 is 0 Å². The van der Waals surface area contributed by atoms with Gasteiger partial charge in [0.25, 0.3) is 5.91 Å². The Labute approximate surface area is 167 Å². The number of benzene rings is 2. The van der Waals surface area contributed by atoms with Gasteiger partial charge in [-0.25, -0.2) is 8.42 Å². The summed E-state index contributed by atoms with van der Waals surface area (Å²) in [5, 5.41) is 0. The zero-order valence-electron chi connectivity index (χ0n) is 16.4. The summed E-state index contributed by atoms with van der Waals surface area (Å²) in [4.78, 5) is 15.1. The van der Waals surface area contributed by atoms with Crippen molar-refractivity contribution in [2.75, 3.05) is 24.5 Å². The lowest BCUT2D eigenvalue weighted by atomic mass is 10.1. The third-order valence-electron chi connectivity index (χ3n) is 5.61. The van der Waals surface area contributed by atoms with Gasteiger partial charge in [-0.2, -0.15) is 4.31 Å². The van der Waals surface area contributed by atoms with Crippen molar-refractivity contribution in [2.24, 2.45) is 0 Å². The summed E-state index contributed by atoms with van der Waals surface area (Å²) in [7, 11) is -3.45. The number of amides is 1. The number of nitrogens with zero attached hydrogens (tertiary/aromatic N) is 2. The Morgan fingerprint density at radius 3 is 2.25 bits per heavy atom. The number of aryl methyl sites for hydroxylation is 2. The van der Waals surface area contributed by atoms with Gasteiger partial charge in [0.15, 0.2) is 0 Å². The minimum atomic E-state index is -3.45. The lowest BCUT2D eigenvalue weighted by Gasteiger charge is -2.26. The van der Waals surface area contributed by atoms with Gasteiger partial charge in [-0.1, -0.05) is 23.6 Å². The number of anilines is 1. The van der Waals surface area contributed by atoms with E-state index < -0.39 is 10.0 Å². The summed E-state index contributed by atoms with van der Waals surface area (Å²) in [6.45, 7) is 5.74. The normalized spacial score (nSPS) is 17.6. The number of rotatable bonds is 3. The maximum Gasteiger partial charge on any atom is 0.258 e. The van der Waals surface area contributed by atoms with Gasteiger partial charge in [0.2, 0.25) is 10.0 Å². The molecule has 6 heteroatoms. The molecular weight excluding hydrogens is 372 g/mol. The molecule has 0 unspecified atom stereocenters. The monoisotopic (exact) mass is 398 g/mol. The summed E-state index contributed by atoms with van der Waals surface area (Å²) < 4.78 is 27.5. The number of hydrogen-bond donors (Lipinski definition) is 0. The van der Waals surface area contributed by atoms with Gasteiger partial charge >= 0.3 is 0 Å². The minimum absolute atomic E-state index is 0.0304. The fourth-order valence-electron chi connectivity index (χ4n) is 4.26. The van der Waals surface area contributed by atoms with Crippen LogP contribution in [0.15, 0.2) is 41.3 Å². The van der Waals surface area contributed by atoms with E-state index in [-0.39, 0.29) is 5.91 Å². The Bertz CT molecular complexity index is 1000. The number of sulfonamides is 1. The van der Waals surface area contributed by atoms with Crippen LogP contribution in [-0.2, 0) is 16.4 Å². The van der Waals surface area contributed by atoms with Crippen LogP contribution in [0.5, 0.6) is 0 Å². The quantitative estimate of drug-likeness (QED) is 0.792. The highest BCUT2D eigenvalue weighted by atomic mass is 32.2. The second-order valence-corrected chi connectivity index (χ2v) is 9.78. The molecule has 1 fully saturated rings. The second kappa shape index (κ2) is 7.33. The molecule has 0 atom stereocenters. The molecule has 5 nitrogen and oxygen atoms in total. The van der Waals surface area contributed by atoms with Crippen LogP contribution in [-0.4, -0.2) is 38.3 Å². The van der Waals surface area contributed by atoms with E-state index in [0.717, 1.165) is 41.6 Å². The highest BCUT2D eigenvalue weighted by molar-refractivity contribution is 7.89. The minimum Gasteiger partial charge on any atom is -0.308 e. The number of hydrogen-bond acceptors (Lipinski definition) is 3. The van der Waals surface area contributed by atoms with Crippen molar-refractivity contribution in [2.45, 2.75) is 44.4 Å². The number of carbonyl (C=O) groups excluding carboxylic acids is 1. The van der Waals surface area contributed by atoms with Crippen LogP contribution in [0, 0.1) is 13.8 Å². The summed E-state index contributed by atoms with van der Waals surface area (Å²) in [5.41, 5.74) is 4.55.